The summed E-state index contributed by atoms with van der Waals surface area (Å²) in [6, 6.07) is 8.03. The van der Waals surface area contributed by atoms with E-state index in [1.165, 1.54) is 0 Å². The Balaban J connectivity index is 1.95. The highest BCUT2D eigenvalue weighted by Crippen LogP contribution is 2.29. The number of hydrogen-bond donors (Lipinski definition) is 1. The second kappa shape index (κ2) is 5.63. The molecule has 0 bridgehead atoms. The van der Waals surface area contributed by atoms with Crippen molar-refractivity contribution in [1.82, 2.24) is 4.90 Å². The molecule has 0 aromatic heterocycles. The lowest BCUT2D eigenvalue weighted by Gasteiger charge is -2.33. The highest BCUT2D eigenvalue weighted by molar-refractivity contribution is 9.10. The monoisotopic (exact) mass is 325 g/mol. The van der Waals surface area contributed by atoms with Crippen molar-refractivity contribution in [2.45, 2.75) is 44.8 Å². The third-order valence-corrected chi connectivity index (χ3v) is 4.45. The van der Waals surface area contributed by atoms with Gasteiger partial charge < -0.3 is 10.0 Å². The minimum atomic E-state index is -0.436. The quantitative estimate of drug-likeness (QED) is 0.928. The Morgan fingerprint density at radius 1 is 1.53 bits per heavy atom. The van der Waals surface area contributed by atoms with Crippen molar-refractivity contribution in [1.29, 1.82) is 0 Å². The first-order valence-electron chi connectivity index (χ1n) is 6.64. The number of nitrogens with zero attached hydrogens (tertiary/aromatic N) is 1. The Hall–Kier alpha value is -0.870. The molecule has 2 rings (SSSR count). The van der Waals surface area contributed by atoms with Crippen molar-refractivity contribution in [3.63, 3.8) is 0 Å². The van der Waals surface area contributed by atoms with Gasteiger partial charge in [-0.1, -0.05) is 28.1 Å². The minimum Gasteiger partial charge on any atom is -0.391 e. The summed E-state index contributed by atoms with van der Waals surface area (Å²) < 4.78 is 1.04. The Morgan fingerprint density at radius 2 is 2.26 bits per heavy atom. The topological polar surface area (TPSA) is 40.5 Å². The summed E-state index contributed by atoms with van der Waals surface area (Å²) in [5.41, 5.74) is 0.717. The number of benzene rings is 1. The van der Waals surface area contributed by atoms with Crippen LogP contribution in [0.4, 0.5) is 0 Å². The number of aryl methyl sites for hydroxylation is 1. The fourth-order valence-corrected chi connectivity index (χ4v) is 3.04. The van der Waals surface area contributed by atoms with E-state index in [-0.39, 0.29) is 5.91 Å². The molecule has 1 N–H and O–H groups in total. The second-order valence-electron chi connectivity index (χ2n) is 5.63. The van der Waals surface area contributed by atoms with E-state index in [0.717, 1.165) is 16.5 Å². The van der Waals surface area contributed by atoms with Gasteiger partial charge in [0, 0.05) is 17.4 Å². The Bertz CT molecular complexity index is 473. The summed E-state index contributed by atoms with van der Waals surface area (Å²) in [6.07, 6.45) is 1.49. The fraction of sp³-hybridized carbons (Fsp3) is 0.533. The van der Waals surface area contributed by atoms with Gasteiger partial charge in [-0.15, -0.1) is 0 Å². The lowest BCUT2D eigenvalue weighted by atomic mass is 9.98. The number of halogens is 1. The molecule has 1 amide bonds. The van der Waals surface area contributed by atoms with Gasteiger partial charge in [0.1, 0.15) is 0 Å². The number of carbonyl (C=O) groups is 1. The average Bonchev–Trinajstić information content (AvgIpc) is 2.61. The molecule has 0 spiro atoms. The van der Waals surface area contributed by atoms with Gasteiger partial charge >= 0.3 is 0 Å². The lowest BCUT2D eigenvalue weighted by molar-refractivity contribution is -0.136. The summed E-state index contributed by atoms with van der Waals surface area (Å²) in [4.78, 5) is 14.1. The smallest absolute Gasteiger partial charge is 0.223 e. The third kappa shape index (κ3) is 3.18. The maximum atomic E-state index is 12.3. The zero-order chi connectivity index (χ0) is 14.0. The van der Waals surface area contributed by atoms with E-state index in [4.69, 9.17) is 0 Å². The first-order valence-corrected chi connectivity index (χ1v) is 7.43. The number of amides is 1. The van der Waals surface area contributed by atoms with E-state index in [2.05, 4.69) is 15.9 Å². The first-order chi connectivity index (χ1) is 8.91. The molecular formula is C15H20BrNO2. The van der Waals surface area contributed by atoms with Crippen molar-refractivity contribution in [2.75, 3.05) is 6.54 Å². The van der Waals surface area contributed by atoms with Crippen LogP contribution < -0.4 is 0 Å². The predicted molar refractivity (Wildman–Crippen MR) is 78.9 cm³/mol. The van der Waals surface area contributed by atoms with Crippen molar-refractivity contribution in [2.24, 2.45) is 0 Å². The Morgan fingerprint density at radius 3 is 2.84 bits per heavy atom. The molecule has 1 atom stereocenters. The van der Waals surface area contributed by atoms with E-state index in [0.29, 0.717) is 19.4 Å². The number of aliphatic hydroxyl groups is 1. The van der Waals surface area contributed by atoms with Crippen LogP contribution in [0.3, 0.4) is 0 Å². The highest BCUT2D eigenvalue weighted by atomic mass is 79.9. The van der Waals surface area contributed by atoms with Crippen LogP contribution in [0.1, 0.15) is 32.3 Å². The molecule has 3 nitrogen and oxygen atoms in total. The van der Waals surface area contributed by atoms with Gasteiger partial charge in [-0.2, -0.15) is 0 Å². The molecule has 0 aliphatic carbocycles. The van der Waals surface area contributed by atoms with E-state index in [1.54, 1.807) is 0 Å². The highest BCUT2D eigenvalue weighted by Gasteiger charge is 2.42. The minimum absolute atomic E-state index is 0.126. The van der Waals surface area contributed by atoms with Crippen LogP contribution in [0.15, 0.2) is 28.7 Å². The number of hydrogen-bond acceptors (Lipinski definition) is 2. The molecule has 1 saturated heterocycles. The third-order valence-electron chi connectivity index (χ3n) is 3.95. The summed E-state index contributed by atoms with van der Waals surface area (Å²) in [6.45, 7) is 4.52. The Labute approximate surface area is 122 Å². The molecule has 19 heavy (non-hydrogen) atoms. The van der Waals surface area contributed by atoms with Crippen molar-refractivity contribution in [3.05, 3.63) is 34.3 Å². The van der Waals surface area contributed by atoms with Crippen molar-refractivity contribution in [3.8, 4) is 0 Å². The molecule has 1 aromatic carbocycles. The molecule has 1 aliphatic rings. The first kappa shape index (κ1) is 14.5. The fourth-order valence-electron chi connectivity index (χ4n) is 2.60. The van der Waals surface area contributed by atoms with E-state index >= 15 is 0 Å². The van der Waals surface area contributed by atoms with E-state index in [1.807, 2.05) is 43.0 Å². The van der Waals surface area contributed by atoms with Gasteiger partial charge in [-0.3, -0.25) is 4.79 Å². The predicted octanol–water partition coefficient (Wildman–Crippen LogP) is 2.75. The summed E-state index contributed by atoms with van der Waals surface area (Å²) >= 11 is 3.43. The van der Waals surface area contributed by atoms with E-state index in [9.17, 15) is 9.90 Å². The van der Waals surface area contributed by atoms with Crippen LogP contribution in [-0.2, 0) is 11.2 Å². The summed E-state index contributed by atoms with van der Waals surface area (Å²) in [7, 11) is 0. The van der Waals surface area contributed by atoms with Crippen LogP contribution in [0.5, 0.6) is 0 Å². The van der Waals surface area contributed by atoms with Crippen LogP contribution in [0.25, 0.3) is 0 Å². The molecule has 104 valence electrons. The lowest BCUT2D eigenvalue weighted by Crippen LogP contribution is -2.48. The van der Waals surface area contributed by atoms with Gasteiger partial charge in [0.2, 0.25) is 5.91 Å². The SMILES string of the molecule is CC1(C)C(O)CCN1C(=O)CCc1cccc(Br)c1. The average molecular weight is 326 g/mol. The zero-order valence-electron chi connectivity index (χ0n) is 11.4. The van der Waals surface area contributed by atoms with Crippen molar-refractivity contribution >= 4 is 21.8 Å². The molecule has 0 saturated carbocycles. The van der Waals surface area contributed by atoms with Gasteiger partial charge in [-0.25, -0.2) is 0 Å². The number of rotatable bonds is 3. The molecule has 0 radical (unpaired) electrons. The second-order valence-corrected chi connectivity index (χ2v) is 6.55. The summed E-state index contributed by atoms with van der Waals surface area (Å²) in [5, 5.41) is 9.90. The van der Waals surface area contributed by atoms with Crippen LogP contribution in [-0.4, -0.2) is 34.1 Å². The maximum Gasteiger partial charge on any atom is 0.223 e. The number of likely N-dealkylation sites (tertiary alicyclic amines) is 1. The molecular weight excluding hydrogens is 306 g/mol. The Kier molecular flexibility index (Phi) is 4.31. The molecule has 1 aliphatic heterocycles. The zero-order valence-corrected chi connectivity index (χ0v) is 13.0. The largest absolute Gasteiger partial charge is 0.391 e. The standard InChI is InChI=1S/C15H20BrNO2/c1-15(2)13(18)8-9-17(15)14(19)7-6-11-4-3-5-12(16)10-11/h3-5,10,13,18H,6-9H2,1-2H3. The van der Waals surface area contributed by atoms with Crippen LogP contribution in [0, 0.1) is 0 Å². The van der Waals surface area contributed by atoms with Crippen molar-refractivity contribution < 1.29 is 9.90 Å². The molecule has 1 aromatic rings. The van der Waals surface area contributed by atoms with Gasteiger partial charge in [0.05, 0.1) is 11.6 Å². The van der Waals surface area contributed by atoms with Gasteiger partial charge in [0.15, 0.2) is 0 Å². The normalized spacial score (nSPS) is 21.7. The molecule has 1 unspecified atom stereocenters. The van der Waals surface area contributed by atoms with Gasteiger partial charge in [-0.05, 0) is 44.4 Å². The van der Waals surface area contributed by atoms with Crippen LogP contribution in [0.2, 0.25) is 0 Å². The van der Waals surface area contributed by atoms with Crippen LogP contribution >= 0.6 is 15.9 Å². The molecule has 1 fully saturated rings. The van der Waals surface area contributed by atoms with Gasteiger partial charge in [0.25, 0.3) is 0 Å². The summed E-state index contributed by atoms with van der Waals surface area (Å²) in [5.74, 6) is 0.126. The molecule has 4 heteroatoms. The number of aliphatic hydroxyl groups excluding tert-OH is 1. The van der Waals surface area contributed by atoms with E-state index < -0.39 is 11.6 Å². The maximum absolute atomic E-state index is 12.3. The number of carbonyl (C=O) groups excluding carboxylic acids is 1. The molecule has 1 heterocycles.